The lowest BCUT2D eigenvalue weighted by atomic mass is 9.62. The summed E-state index contributed by atoms with van der Waals surface area (Å²) in [6.45, 7) is 18.5. The number of furan rings is 3. The molecule has 0 radical (unpaired) electrons. The fourth-order valence-electron chi connectivity index (χ4n) is 19.9. The Morgan fingerprint density at radius 2 is 0.543 bits per heavy atom. The van der Waals surface area contributed by atoms with Crippen molar-refractivity contribution >= 4 is 65.8 Å². The van der Waals surface area contributed by atoms with E-state index in [9.17, 15) is 0 Å². The highest BCUT2D eigenvalue weighted by Gasteiger charge is 2.51. The van der Waals surface area contributed by atoms with Crippen molar-refractivity contribution in [2.45, 2.75) is 71.6 Å². The topological polar surface area (TPSA) is 181 Å². The molecule has 22 aromatic rings. The van der Waals surface area contributed by atoms with Crippen molar-refractivity contribution in [2.24, 2.45) is 5.41 Å². The first-order chi connectivity index (χ1) is 63.0. The van der Waals surface area contributed by atoms with Gasteiger partial charge >= 0.3 is 0 Å². The molecule has 14 heteroatoms. The third kappa shape index (κ3) is 12.8. The Labute approximate surface area is 745 Å². The molecule has 14 nitrogen and oxygen atoms in total. The van der Waals surface area contributed by atoms with E-state index in [1.165, 1.54) is 77.7 Å². The van der Waals surface area contributed by atoms with Crippen molar-refractivity contribution in [3.05, 3.63) is 392 Å². The van der Waals surface area contributed by atoms with E-state index in [2.05, 4.69) is 229 Å². The van der Waals surface area contributed by atoms with Crippen LogP contribution in [0.2, 0.25) is 0 Å². The Kier molecular flexibility index (Phi) is 18.2. The Morgan fingerprint density at radius 1 is 0.217 bits per heavy atom. The van der Waals surface area contributed by atoms with Crippen molar-refractivity contribution in [1.29, 1.82) is 0 Å². The summed E-state index contributed by atoms with van der Waals surface area (Å²) in [5.41, 5.74) is 29.3. The molecule has 1 unspecified atom stereocenters. The summed E-state index contributed by atoms with van der Waals surface area (Å²) >= 11 is 0. The molecule has 0 aliphatic heterocycles. The molecule has 0 fully saturated rings. The molecule has 25 rings (SSSR count). The minimum atomic E-state index is -0.290. The van der Waals surface area contributed by atoms with Crippen LogP contribution in [0.4, 0.5) is 0 Å². The average Bonchev–Trinajstić information content (AvgIpc) is 1.52. The normalized spacial score (nSPS) is 14.2. The summed E-state index contributed by atoms with van der Waals surface area (Å²) in [6.07, 6.45) is 3.38. The molecule has 0 bridgehead atoms. The van der Waals surface area contributed by atoms with Gasteiger partial charge in [0, 0.05) is 111 Å². The molecule has 1 atom stereocenters. The van der Waals surface area contributed by atoms with E-state index in [1.54, 1.807) is 18.5 Å². The quantitative estimate of drug-likeness (QED) is 0.126. The lowest BCUT2D eigenvalue weighted by Crippen LogP contribution is -2.36. The molecule has 0 spiro atoms. The average molecular weight is 1670 g/mol. The highest BCUT2D eigenvalue weighted by Crippen LogP contribution is 2.62. The van der Waals surface area contributed by atoms with E-state index in [0.717, 1.165) is 111 Å². The largest absolute Gasteiger partial charge is 0.456 e. The fourth-order valence-corrected chi connectivity index (χ4v) is 19.9. The number of hydrogen-bond acceptors (Lipinski definition) is 14. The first-order valence-corrected chi connectivity index (χ1v) is 43.7. The number of aromatic nitrogens is 11. The van der Waals surface area contributed by atoms with Crippen molar-refractivity contribution in [2.75, 3.05) is 0 Å². The molecule has 129 heavy (non-hydrogen) atoms. The van der Waals surface area contributed by atoms with Gasteiger partial charge in [-0.15, -0.1) is 0 Å². The van der Waals surface area contributed by atoms with Crippen molar-refractivity contribution in [1.82, 2.24) is 54.8 Å². The van der Waals surface area contributed by atoms with E-state index >= 15 is 0 Å². The van der Waals surface area contributed by atoms with Crippen LogP contribution in [0, 0.1) is 5.41 Å². The van der Waals surface area contributed by atoms with Crippen molar-refractivity contribution in [3.63, 3.8) is 0 Å². The van der Waals surface area contributed by atoms with Crippen LogP contribution in [0.1, 0.15) is 88.8 Å². The second-order valence-electron chi connectivity index (χ2n) is 35.6. The summed E-state index contributed by atoms with van der Waals surface area (Å²) in [5, 5.41) is 6.60. The molecular formula is C115H83N11O3. The maximum atomic E-state index is 6.84. The summed E-state index contributed by atoms with van der Waals surface area (Å²) in [5.74, 6) is 5.74. The van der Waals surface area contributed by atoms with E-state index in [4.69, 9.17) is 58.1 Å². The van der Waals surface area contributed by atoms with E-state index in [0.29, 0.717) is 58.2 Å². The third-order valence-corrected chi connectivity index (χ3v) is 26.5. The monoisotopic (exact) mass is 1670 g/mol. The highest BCUT2D eigenvalue weighted by atomic mass is 16.3. The maximum Gasteiger partial charge on any atom is 0.201 e. The smallest absolute Gasteiger partial charge is 0.201 e. The second-order valence-corrected chi connectivity index (χ2v) is 35.6. The zero-order chi connectivity index (χ0) is 87.0. The molecule has 15 aromatic carbocycles. The van der Waals surface area contributed by atoms with Crippen LogP contribution in [0.15, 0.2) is 371 Å². The fraction of sp³-hybridized carbons (Fsp3) is 0.104. The third-order valence-electron chi connectivity index (χ3n) is 26.5. The van der Waals surface area contributed by atoms with Gasteiger partial charge in [0.1, 0.15) is 33.5 Å². The van der Waals surface area contributed by atoms with Crippen LogP contribution < -0.4 is 0 Å². The summed E-state index contributed by atoms with van der Waals surface area (Å²) in [6, 6.07) is 119. The van der Waals surface area contributed by atoms with Crippen LogP contribution in [0.5, 0.6) is 0 Å². The first-order valence-electron chi connectivity index (χ1n) is 43.7. The van der Waals surface area contributed by atoms with Gasteiger partial charge < -0.3 is 13.3 Å². The van der Waals surface area contributed by atoms with Crippen LogP contribution in [0.3, 0.4) is 0 Å². The number of fused-ring (bicyclic) bond motifs is 21. The van der Waals surface area contributed by atoms with Gasteiger partial charge in [0.05, 0.1) is 11.1 Å². The van der Waals surface area contributed by atoms with Gasteiger partial charge in [-0.05, 0) is 115 Å². The molecule has 3 aliphatic rings. The van der Waals surface area contributed by atoms with Crippen LogP contribution in [-0.2, 0) is 16.2 Å². The molecule has 7 aromatic heterocycles. The van der Waals surface area contributed by atoms with Gasteiger partial charge in [0.15, 0.2) is 52.4 Å². The Bertz CT molecular complexity index is 7750. The lowest BCUT2D eigenvalue weighted by molar-refractivity contribution is 0.255. The lowest BCUT2D eigenvalue weighted by Gasteiger charge is -2.40. The predicted molar refractivity (Wildman–Crippen MR) is 518 cm³/mol. The van der Waals surface area contributed by atoms with Gasteiger partial charge in [0.2, 0.25) is 5.82 Å². The standard InChI is InChI=1S/C45H35N3O.C36H25N3O.C34H23N5O/c1-44(2,3)45(4)36-23-14-22-32(38(36)35-26-25-34-33-21-11-12-24-37(33)49-40(34)39(35)45)30-19-13-20-31(27-30)43-47-41(28-15-7-5-8-16-28)46-42(48-43)29-17-9-6-10-18-29;1-36(2)29-19-10-9-16-24(29)25-20-21-27-26-17-11-18-28(31(26)40-32(27)30(25)36)35-38-33(22-12-5-3-6-13-22)37-34(39-35)23-14-7-4-8-15-23;1-34(2)26-15-7-6-12-21(26)22-16-17-24-23-13-8-14-25(28(23)40-29(24)27(22)34)31-37-30(20-10-4-3-5-11-20)38-33(39-31)32-35-18-9-19-36-32/h5-27H,1-4H3;3-21H,1-2H3;3-19H,1-2H3. The minimum absolute atomic E-state index is 0.0900. The minimum Gasteiger partial charge on any atom is -0.456 e. The molecule has 0 saturated heterocycles. The summed E-state index contributed by atoms with van der Waals surface area (Å²) in [7, 11) is 0. The van der Waals surface area contributed by atoms with Gasteiger partial charge in [-0.2, -0.15) is 0 Å². The van der Waals surface area contributed by atoms with Gasteiger partial charge in [0.25, 0.3) is 0 Å². The first kappa shape index (κ1) is 77.6. The highest BCUT2D eigenvalue weighted by molar-refractivity contribution is 6.15. The predicted octanol–water partition coefficient (Wildman–Crippen LogP) is 28.7. The molecule has 3 aliphatic carbocycles. The molecule has 0 amide bonds. The zero-order valence-corrected chi connectivity index (χ0v) is 72.2. The van der Waals surface area contributed by atoms with Crippen LogP contribution in [0.25, 0.3) is 213 Å². The molecule has 0 N–H and O–H groups in total. The van der Waals surface area contributed by atoms with Gasteiger partial charge in [-0.1, -0.05) is 353 Å². The number of para-hydroxylation sites is 3. The molecule has 616 valence electrons. The molecular weight excluding hydrogens is 1580 g/mol. The molecule has 7 heterocycles. The van der Waals surface area contributed by atoms with E-state index < -0.39 is 0 Å². The molecule has 0 saturated carbocycles. The second kappa shape index (κ2) is 30.3. The Morgan fingerprint density at radius 3 is 1.02 bits per heavy atom. The van der Waals surface area contributed by atoms with Gasteiger partial charge in [-0.3, -0.25) is 0 Å². The van der Waals surface area contributed by atoms with Crippen LogP contribution >= 0.6 is 0 Å². The summed E-state index contributed by atoms with van der Waals surface area (Å²) in [4.78, 5) is 53.0. The Balaban J connectivity index is 0.000000111. The summed E-state index contributed by atoms with van der Waals surface area (Å²) < 4.78 is 20.4. The van der Waals surface area contributed by atoms with Crippen LogP contribution in [-0.4, -0.2) is 54.8 Å². The van der Waals surface area contributed by atoms with Gasteiger partial charge in [-0.25, -0.2) is 54.8 Å². The number of hydrogen-bond donors (Lipinski definition) is 0. The SMILES string of the molecule is CC(C)(C)C1(C)c2cccc(-c3cccc(-c4nc(-c5ccccc5)nc(-c5ccccc5)n4)c3)c2-c2ccc3c(oc4ccccc43)c21.CC1(C)c2ccccc2-c2ccc3c(oc4c(-c5nc(-c6ccccc6)nc(-c6ccccc6)n5)cccc43)c21.CC1(C)c2ccccc2-c2ccc3c(oc4c(-c5nc(-c6ccccc6)nc(-c6ncccn6)n5)cccc43)c21. The van der Waals surface area contributed by atoms with Crippen molar-refractivity contribution in [3.8, 4) is 147 Å². The van der Waals surface area contributed by atoms with E-state index in [-0.39, 0.29) is 21.7 Å². The Hall–Kier alpha value is -16.2. The number of rotatable bonds is 10. The van der Waals surface area contributed by atoms with Crippen molar-refractivity contribution < 1.29 is 13.3 Å². The maximum absolute atomic E-state index is 6.84. The van der Waals surface area contributed by atoms with E-state index in [1.807, 2.05) is 176 Å². The number of benzene rings is 15. The zero-order valence-electron chi connectivity index (χ0n) is 72.2. The number of nitrogens with zero attached hydrogens (tertiary/aromatic N) is 11.